The highest BCUT2D eigenvalue weighted by atomic mass is 32.2. The van der Waals surface area contributed by atoms with Crippen LogP contribution in [-0.4, -0.2) is 33.4 Å². The number of ether oxygens (including phenoxy) is 1. The van der Waals surface area contributed by atoms with Gasteiger partial charge in [-0.1, -0.05) is 19.9 Å². The van der Waals surface area contributed by atoms with E-state index in [0.717, 1.165) is 19.4 Å². The first-order valence-electron chi connectivity index (χ1n) is 7.07. The van der Waals surface area contributed by atoms with Gasteiger partial charge in [0, 0.05) is 18.8 Å². The highest BCUT2D eigenvalue weighted by Gasteiger charge is 2.11. The Bertz CT molecular complexity index is 510. The summed E-state index contributed by atoms with van der Waals surface area (Å²) in [5, 5.41) is 3.44. The van der Waals surface area contributed by atoms with Gasteiger partial charge in [0.25, 0.3) is 0 Å². The molecule has 0 radical (unpaired) electrons. The van der Waals surface area contributed by atoms with Crippen LogP contribution in [-0.2, 0) is 9.84 Å². The fourth-order valence-electron chi connectivity index (χ4n) is 1.96. The summed E-state index contributed by atoms with van der Waals surface area (Å²) < 4.78 is 28.8. The second-order valence-electron chi connectivity index (χ2n) is 5.10. The Morgan fingerprint density at radius 1 is 1.25 bits per heavy atom. The normalized spacial score (nSPS) is 13.4. The topological polar surface area (TPSA) is 55.4 Å². The maximum atomic E-state index is 11.5. The highest BCUT2D eigenvalue weighted by Crippen LogP contribution is 2.18. The molecule has 5 heteroatoms. The van der Waals surface area contributed by atoms with Gasteiger partial charge < -0.3 is 10.1 Å². The lowest BCUT2D eigenvalue weighted by molar-refractivity contribution is 0.209. The van der Waals surface area contributed by atoms with Crippen LogP contribution < -0.4 is 10.1 Å². The fourth-order valence-corrected chi connectivity index (χ4v) is 2.62. The van der Waals surface area contributed by atoms with E-state index in [0.29, 0.717) is 11.8 Å². The lowest BCUT2D eigenvalue weighted by atomic mass is 10.1. The van der Waals surface area contributed by atoms with E-state index in [2.05, 4.69) is 19.2 Å². The standard InChI is InChI=1S/C15H25NO3S/c1-5-13(6-2)16-11-12(3)19-14-8-7-9-15(10-14)20(4,17)18/h7-10,12-13,16H,5-6,11H2,1-4H3. The zero-order valence-electron chi connectivity index (χ0n) is 12.7. The third-order valence-corrected chi connectivity index (χ3v) is 4.36. The molecule has 1 aromatic rings. The lowest BCUT2D eigenvalue weighted by Gasteiger charge is -2.20. The molecular weight excluding hydrogens is 274 g/mol. The maximum Gasteiger partial charge on any atom is 0.175 e. The first kappa shape index (κ1) is 17.0. The Morgan fingerprint density at radius 2 is 1.90 bits per heavy atom. The second-order valence-corrected chi connectivity index (χ2v) is 7.11. The highest BCUT2D eigenvalue weighted by molar-refractivity contribution is 7.90. The van der Waals surface area contributed by atoms with Crippen molar-refractivity contribution in [1.29, 1.82) is 0 Å². The van der Waals surface area contributed by atoms with E-state index in [4.69, 9.17) is 4.74 Å². The van der Waals surface area contributed by atoms with Crippen LogP contribution in [0.5, 0.6) is 5.75 Å². The van der Waals surface area contributed by atoms with Gasteiger partial charge in [0.15, 0.2) is 9.84 Å². The van der Waals surface area contributed by atoms with Crippen molar-refractivity contribution in [2.45, 2.75) is 50.7 Å². The third-order valence-electron chi connectivity index (χ3n) is 3.25. The molecule has 0 saturated carbocycles. The van der Waals surface area contributed by atoms with E-state index < -0.39 is 9.84 Å². The molecule has 114 valence electrons. The minimum Gasteiger partial charge on any atom is -0.489 e. The van der Waals surface area contributed by atoms with Crippen molar-refractivity contribution in [3.63, 3.8) is 0 Å². The van der Waals surface area contributed by atoms with E-state index in [-0.39, 0.29) is 11.0 Å². The zero-order valence-corrected chi connectivity index (χ0v) is 13.5. The lowest BCUT2D eigenvalue weighted by Crippen LogP contribution is -2.36. The molecule has 1 rings (SSSR count). The Labute approximate surface area is 122 Å². The first-order chi connectivity index (χ1) is 9.36. The van der Waals surface area contributed by atoms with Crippen molar-refractivity contribution in [2.75, 3.05) is 12.8 Å². The van der Waals surface area contributed by atoms with Crippen LogP contribution in [0.15, 0.2) is 29.2 Å². The quantitative estimate of drug-likeness (QED) is 0.802. The molecule has 0 fully saturated rings. The van der Waals surface area contributed by atoms with E-state index in [1.807, 2.05) is 6.92 Å². The summed E-state index contributed by atoms with van der Waals surface area (Å²) in [5.41, 5.74) is 0. The van der Waals surface area contributed by atoms with Gasteiger partial charge in [-0.15, -0.1) is 0 Å². The molecule has 0 heterocycles. The van der Waals surface area contributed by atoms with Crippen LogP contribution in [0.25, 0.3) is 0 Å². The van der Waals surface area contributed by atoms with Crippen LogP contribution in [0, 0.1) is 0 Å². The van der Waals surface area contributed by atoms with Gasteiger partial charge in [-0.2, -0.15) is 0 Å². The SMILES string of the molecule is CCC(CC)NCC(C)Oc1cccc(S(C)(=O)=O)c1. The molecule has 0 amide bonds. The predicted octanol–water partition coefficient (Wildman–Crippen LogP) is 2.64. The third kappa shape index (κ3) is 5.51. The predicted molar refractivity (Wildman–Crippen MR) is 82.0 cm³/mol. The van der Waals surface area contributed by atoms with Crippen molar-refractivity contribution in [3.8, 4) is 5.75 Å². The van der Waals surface area contributed by atoms with Crippen LogP contribution in [0.4, 0.5) is 0 Å². The molecule has 1 aromatic carbocycles. The summed E-state index contributed by atoms with van der Waals surface area (Å²) in [5.74, 6) is 0.590. The van der Waals surface area contributed by atoms with Gasteiger partial charge >= 0.3 is 0 Å². The summed E-state index contributed by atoms with van der Waals surface area (Å²) in [6, 6.07) is 7.14. The zero-order chi connectivity index (χ0) is 15.2. The number of benzene rings is 1. The Balaban J connectivity index is 2.60. The van der Waals surface area contributed by atoms with E-state index in [9.17, 15) is 8.42 Å². The van der Waals surface area contributed by atoms with Crippen molar-refractivity contribution in [1.82, 2.24) is 5.32 Å². The minimum atomic E-state index is -3.19. The van der Waals surface area contributed by atoms with Gasteiger partial charge in [-0.05, 0) is 38.0 Å². The second kappa shape index (κ2) is 7.64. The fraction of sp³-hybridized carbons (Fsp3) is 0.600. The van der Waals surface area contributed by atoms with E-state index in [1.54, 1.807) is 24.3 Å². The average molecular weight is 299 g/mol. The first-order valence-corrected chi connectivity index (χ1v) is 8.96. The molecule has 0 aliphatic carbocycles. The van der Waals surface area contributed by atoms with Crippen LogP contribution >= 0.6 is 0 Å². The summed E-state index contributed by atoms with van der Waals surface area (Å²) in [6.45, 7) is 7.03. The van der Waals surface area contributed by atoms with Crippen molar-refractivity contribution in [3.05, 3.63) is 24.3 Å². The largest absolute Gasteiger partial charge is 0.489 e. The maximum absolute atomic E-state index is 11.5. The summed E-state index contributed by atoms with van der Waals surface area (Å²) in [6.07, 6.45) is 3.37. The van der Waals surface area contributed by atoms with Gasteiger partial charge in [-0.3, -0.25) is 0 Å². The molecular formula is C15H25NO3S. The molecule has 1 unspecified atom stereocenters. The van der Waals surface area contributed by atoms with Crippen molar-refractivity contribution in [2.24, 2.45) is 0 Å². The van der Waals surface area contributed by atoms with Crippen molar-refractivity contribution < 1.29 is 13.2 Å². The Kier molecular flexibility index (Phi) is 6.49. The van der Waals surface area contributed by atoms with Crippen LogP contribution in [0.1, 0.15) is 33.6 Å². The van der Waals surface area contributed by atoms with Gasteiger partial charge in [0.1, 0.15) is 11.9 Å². The van der Waals surface area contributed by atoms with Crippen molar-refractivity contribution >= 4 is 9.84 Å². The van der Waals surface area contributed by atoms with E-state index in [1.165, 1.54) is 6.26 Å². The molecule has 0 saturated heterocycles. The molecule has 0 bridgehead atoms. The summed E-state index contributed by atoms with van der Waals surface area (Å²) in [7, 11) is -3.19. The van der Waals surface area contributed by atoms with E-state index >= 15 is 0 Å². The minimum absolute atomic E-state index is 0.00888. The van der Waals surface area contributed by atoms with Gasteiger partial charge in [0.2, 0.25) is 0 Å². The molecule has 0 aromatic heterocycles. The number of rotatable bonds is 8. The summed E-state index contributed by atoms with van der Waals surface area (Å²) >= 11 is 0. The van der Waals surface area contributed by atoms with Crippen LogP contribution in [0.2, 0.25) is 0 Å². The Morgan fingerprint density at radius 3 is 2.45 bits per heavy atom. The average Bonchev–Trinajstić information content (AvgIpc) is 2.39. The molecule has 1 N–H and O–H groups in total. The number of nitrogens with one attached hydrogen (secondary N) is 1. The monoisotopic (exact) mass is 299 g/mol. The molecule has 4 nitrogen and oxygen atoms in total. The molecule has 0 aliphatic rings. The number of sulfone groups is 1. The number of hydrogen-bond acceptors (Lipinski definition) is 4. The molecule has 0 aliphatic heterocycles. The number of hydrogen-bond donors (Lipinski definition) is 1. The smallest absolute Gasteiger partial charge is 0.175 e. The molecule has 20 heavy (non-hydrogen) atoms. The van der Waals surface area contributed by atoms with Gasteiger partial charge in [0.05, 0.1) is 4.90 Å². The Hall–Kier alpha value is -1.07. The molecule has 0 spiro atoms. The van der Waals surface area contributed by atoms with Crippen LogP contribution in [0.3, 0.4) is 0 Å². The summed E-state index contributed by atoms with van der Waals surface area (Å²) in [4.78, 5) is 0.287. The van der Waals surface area contributed by atoms with Gasteiger partial charge in [-0.25, -0.2) is 8.42 Å². The molecule has 1 atom stereocenters.